The molecule has 1 aromatic rings. The summed E-state index contributed by atoms with van der Waals surface area (Å²) in [7, 11) is 0. The van der Waals surface area contributed by atoms with Gasteiger partial charge >= 0.3 is 0 Å². The van der Waals surface area contributed by atoms with Crippen LogP contribution in [0.15, 0.2) is 11.6 Å². The molecule has 1 N–H and O–H groups in total. The summed E-state index contributed by atoms with van der Waals surface area (Å²) in [6, 6.07) is 0. The smallest absolute Gasteiger partial charge is 0.122 e. The summed E-state index contributed by atoms with van der Waals surface area (Å²) in [4.78, 5) is 3.93. The van der Waals surface area contributed by atoms with E-state index in [9.17, 15) is 0 Å². The molecule has 0 amide bonds. The minimum Gasteiger partial charge on any atom is -0.385 e. The number of halogens is 1. The zero-order chi connectivity index (χ0) is 6.69. The molecular formula is C5H6BrNOS. The van der Waals surface area contributed by atoms with Gasteiger partial charge in [-0.25, -0.2) is 4.98 Å². The van der Waals surface area contributed by atoms with Gasteiger partial charge in [-0.15, -0.1) is 11.3 Å². The lowest BCUT2D eigenvalue weighted by atomic mass is 10.4. The predicted octanol–water partition coefficient (Wildman–Crippen LogP) is 1.57. The molecule has 1 rings (SSSR count). The van der Waals surface area contributed by atoms with Crippen molar-refractivity contribution in [2.45, 2.75) is 6.10 Å². The molecule has 1 heterocycles. The molecule has 50 valence electrons. The van der Waals surface area contributed by atoms with E-state index in [2.05, 4.69) is 20.9 Å². The first-order valence-electron chi connectivity index (χ1n) is 2.48. The Balaban J connectivity index is 2.65. The third-order valence-electron chi connectivity index (χ3n) is 0.883. The highest BCUT2D eigenvalue weighted by Gasteiger charge is 2.06. The predicted molar refractivity (Wildman–Crippen MR) is 40.9 cm³/mol. The van der Waals surface area contributed by atoms with E-state index in [0.717, 1.165) is 5.01 Å². The average molecular weight is 208 g/mol. The van der Waals surface area contributed by atoms with E-state index in [-0.39, 0.29) is 0 Å². The highest BCUT2D eigenvalue weighted by atomic mass is 79.9. The maximum atomic E-state index is 9.12. The minimum absolute atomic E-state index is 0.440. The van der Waals surface area contributed by atoms with Crippen LogP contribution in [-0.4, -0.2) is 15.4 Å². The van der Waals surface area contributed by atoms with E-state index in [1.807, 2.05) is 5.38 Å². The summed E-state index contributed by atoms with van der Waals surface area (Å²) in [5.41, 5.74) is 0. The Morgan fingerprint density at radius 1 is 1.89 bits per heavy atom. The fourth-order valence-corrected chi connectivity index (χ4v) is 1.61. The maximum Gasteiger partial charge on any atom is 0.122 e. The first kappa shape index (κ1) is 7.18. The van der Waals surface area contributed by atoms with E-state index >= 15 is 0 Å². The second-order valence-electron chi connectivity index (χ2n) is 1.54. The second-order valence-corrected chi connectivity index (χ2v) is 3.11. The van der Waals surface area contributed by atoms with Crippen molar-refractivity contribution in [1.29, 1.82) is 0 Å². The Labute approximate surface area is 65.7 Å². The van der Waals surface area contributed by atoms with E-state index in [1.165, 1.54) is 11.3 Å². The molecule has 9 heavy (non-hydrogen) atoms. The van der Waals surface area contributed by atoms with E-state index < -0.39 is 6.10 Å². The van der Waals surface area contributed by atoms with Gasteiger partial charge in [-0.05, 0) is 0 Å². The van der Waals surface area contributed by atoms with Gasteiger partial charge in [-0.2, -0.15) is 0 Å². The lowest BCUT2D eigenvalue weighted by Crippen LogP contribution is -1.95. The summed E-state index contributed by atoms with van der Waals surface area (Å²) in [5.74, 6) is 0. The van der Waals surface area contributed by atoms with Crippen molar-refractivity contribution < 1.29 is 5.11 Å². The number of alkyl halides is 1. The molecule has 0 radical (unpaired) electrons. The Hall–Kier alpha value is 0.0700. The van der Waals surface area contributed by atoms with Gasteiger partial charge in [0.15, 0.2) is 0 Å². The lowest BCUT2D eigenvalue weighted by Gasteiger charge is -1.98. The molecule has 2 nitrogen and oxygen atoms in total. The van der Waals surface area contributed by atoms with Gasteiger partial charge in [0.2, 0.25) is 0 Å². The van der Waals surface area contributed by atoms with Crippen molar-refractivity contribution in [1.82, 2.24) is 4.98 Å². The molecule has 0 spiro atoms. The molecule has 0 saturated carbocycles. The number of hydrogen-bond acceptors (Lipinski definition) is 3. The van der Waals surface area contributed by atoms with Crippen molar-refractivity contribution in [2.24, 2.45) is 0 Å². The van der Waals surface area contributed by atoms with Crippen LogP contribution in [0.25, 0.3) is 0 Å². The standard InChI is InChI=1S/C5H6BrNOS/c6-3-4(8)5-7-1-2-9-5/h1-2,4,8H,3H2/t4-/m0/s1. The number of nitrogens with zero attached hydrogens (tertiary/aromatic N) is 1. The summed E-state index contributed by atoms with van der Waals surface area (Å²) in [6.45, 7) is 0. The molecule has 0 unspecified atom stereocenters. The lowest BCUT2D eigenvalue weighted by molar-refractivity contribution is 0.205. The Morgan fingerprint density at radius 3 is 3.11 bits per heavy atom. The Bertz CT molecular complexity index is 165. The van der Waals surface area contributed by atoms with E-state index in [1.54, 1.807) is 6.20 Å². The van der Waals surface area contributed by atoms with Crippen LogP contribution >= 0.6 is 27.3 Å². The SMILES string of the molecule is O[C@@H](CBr)c1nccs1. The highest BCUT2D eigenvalue weighted by Crippen LogP contribution is 2.16. The Morgan fingerprint density at radius 2 is 2.67 bits per heavy atom. The molecule has 0 saturated heterocycles. The molecule has 0 aromatic carbocycles. The van der Waals surface area contributed by atoms with Gasteiger partial charge in [0.25, 0.3) is 0 Å². The van der Waals surface area contributed by atoms with Gasteiger partial charge in [0.1, 0.15) is 11.1 Å². The minimum atomic E-state index is -0.440. The first-order chi connectivity index (χ1) is 4.34. The van der Waals surface area contributed by atoms with Crippen molar-refractivity contribution >= 4 is 27.3 Å². The number of aromatic nitrogens is 1. The molecule has 0 aliphatic rings. The van der Waals surface area contributed by atoms with Crippen LogP contribution in [0.3, 0.4) is 0 Å². The van der Waals surface area contributed by atoms with Crippen LogP contribution in [0.1, 0.15) is 11.1 Å². The van der Waals surface area contributed by atoms with Crippen molar-refractivity contribution in [2.75, 3.05) is 5.33 Å². The summed E-state index contributed by atoms with van der Waals surface area (Å²) in [6.07, 6.45) is 1.25. The number of thiazole rings is 1. The maximum absolute atomic E-state index is 9.12. The van der Waals surface area contributed by atoms with Crippen LogP contribution < -0.4 is 0 Å². The van der Waals surface area contributed by atoms with Crippen molar-refractivity contribution in [3.63, 3.8) is 0 Å². The molecule has 1 aromatic heterocycles. The van der Waals surface area contributed by atoms with Gasteiger partial charge in [0.05, 0.1) is 0 Å². The zero-order valence-corrected chi connectivity index (χ0v) is 7.02. The summed E-state index contributed by atoms with van der Waals surface area (Å²) >= 11 is 4.62. The van der Waals surface area contributed by atoms with Gasteiger partial charge in [0, 0.05) is 16.9 Å². The molecule has 0 aliphatic heterocycles. The summed E-state index contributed by atoms with van der Waals surface area (Å²) in [5, 5.41) is 12.3. The third-order valence-corrected chi connectivity index (χ3v) is 2.37. The average Bonchev–Trinajstić information content (AvgIpc) is 2.37. The fourth-order valence-electron chi connectivity index (χ4n) is 0.465. The van der Waals surface area contributed by atoms with Crippen LogP contribution in [0.2, 0.25) is 0 Å². The molecule has 0 aliphatic carbocycles. The number of hydrogen-bond donors (Lipinski definition) is 1. The number of aliphatic hydroxyl groups excluding tert-OH is 1. The largest absolute Gasteiger partial charge is 0.385 e. The monoisotopic (exact) mass is 207 g/mol. The number of rotatable bonds is 2. The van der Waals surface area contributed by atoms with Crippen LogP contribution in [-0.2, 0) is 0 Å². The number of aliphatic hydroxyl groups is 1. The second kappa shape index (κ2) is 3.29. The first-order valence-corrected chi connectivity index (χ1v) is 4.48. The topological polar surface area (TPSA) is 33.1 Å². The molecule has 0 bridgehead atoms. The highest BCUT2D eigenvalue weighted by molar-refractivity contribution is 9.09. The molecule has 0 fully saturated rings. The normalized spacial score (nSPS) is 13.6. The van der Waals surface area contributed by atoms with Gasteiger partial charge in [-0.1, -0.05) is 15.9 Å². The van der Waals surface area contributed by atoms with E-state index in [4.69, 9.17) is 5.11 Å². The summed E-state index contributed by atoms with van der Waals surface area (Å²) < 4.78 is 0. The molecule has 4 heteroatoms. The van der Waals surface area contributed by atoms with Crippen LogP contribution in [0, 0.1) is 0 Å². The molecular weight excluding hydrogens is 202 g/mol. The molecule has 1 atom stereocenters. The van der Waals surface area contributed by atoms with Gasteiger partial charge in [-0.3, -0.25) is 0 Å². The van der Waals surface area contributed by atoms with Crippen LogP contribution in [0.5, 0.6) is 0 Å². The van der Waals surface area contributed by atoms with Crippen molar-refractivity contribution in [3.05, 3.63) is 16.6 Å². The van der Waals surface area contributed by atoms with Crippen LogP contribution in [0.4, 0.5) is 0 Å². The van der Waals surface area contributed by atoms with Gasteiger partial charge < -0.3 is 5.11 Å². The zero-order valence-electron chi connectivity index (χ0n) is 4.62. The third kappa shape index (κ3) is 1.74. The Kier molecular flexibility index (Phi) is 2.63. The van der Waals surface area contributed by atoms with E-state index in [0.29, 0.717) is 5.33 Å². The van der Waals surface area contributed by atoms with Crippen molar-refractivity contribution in [3.8, 4) is 0 Å². The quantitative estimate of drug-likeness (QED) is 0.748. The fraction of sp³-hybridized carbons (Fsp3) is 0.400.